The smallest absolute Gasteiger partial charge is 0.267 e. The Morgan fingerprint density at radius 3 is 3.10 bits per heavy atom. The predicted octanol–water partition coefficient (Wildman–Crippen LogP) is 0.752. The van der Waals surface area contributed by atoms with E-state index in [1.54, 1.807) is 0 Å². The second-order valence-electron chi connectivity index (χ2n) is 4.75. The number of nitrogens with zero attached hydrogens (tertiary/aromatic N) is 2. The highest BCUT2D eigenvalue weighted by Gasteiger charge is 2.17. The SMILES string of the molecule is O=C1CCC(C(=O)NCCc2ccc3ocnc3c2)=NN1. The van der Waals surface area contributed by atoms with Gasteiger partial charge in [-0.25, -0.2) is 10.4 Å². The van der Waals surface area contributed by atoms with Crippen LogP contribution in [-0.2, 0) is 16.0 Å². The Hall–Kier alpha value is -2.70. The van der Waals surface area contributed by atoms with E-state index in [9.17, 15) is 9.59 Å². The third-order valence-corrected chi connectivity index (χ3v) is 3.26. The Morgan fingerprint density at radius 1 is 1.38 bits per heavy atom. The number of fused-ring (bicyclic) bond motifs is 1. The summed E-state index contributed by atoms with van der Waals surface area (Å²) in [5.74, 6) is -0.398. The van der Waals surface area contributed by atoms with Crippen molar-refractivity contribution in [3.63, 3.8) is 0 Å². The molecule has 0 bridgehead atoms. The summed E-state index contributed by atoms with van der Waals surface area (Å²) in [6, 6.07) is 5.74. The van der Waals surface area contributed by atoms with Crippen LogP contribution >= 0.6 is 0 Å². The van der Waals surface area contributed by atoms with E-state index in [2.05, 4.69) is 20.8 Å². The van der Waals surface area contributed by atoms with Crippen LogP contribution < -0.4 is 10.7 Å². The third-order valence-electron chi connectivity index (χ3n) is 3.26. The summed E-state index contributed by atoms with van der Waals surface area (Å²) in [4.78, 5) is 26.9. The molecule has 2 amide bonds. The van der Waals surface area contributed by atoms with Crippen molar-refractivity contribution in [1.29, 1.82) is 0 Å². The summed E-state index contributed by atoms with van der Waals surface area (Å²) in [6.45, 7) is 0.495. The first-order valence-electron chi connectivity index (χ1n) is 6.68. The van der Waals surface area contributed by atoms with E-state index in [1.807, 2.05) is 18.2 Å². The van der Waals surface area contributed by atoms with E-state index < -0.39 is 0 Å². The number of hydrogen-bond donors (Lipinski definition) is 2. The average molecular weight is 286 g/mol. The number of amides is 2. The molecule has 3 rings (SSSR count). The number of aromatic nitrogens is 1. The summed E-state index contributed by atoms with van der Waals surface area (Å²) in [6.07, 6.45) is 2.78. The van der Waals surface area contributed by atoms with E-state index in [1.165, 1.54) is 6.39 Å². The van der Waals surface area contributed by atoms with Gasteiger partial charge in [-0.15, -0.1) is 0 Å². The van der Waals surface area contributed by atoms with E-state index in [0.717, 1.165) is 16.7 Å². The number of carbonyl (C=O) groups is 2. The van der Waals surface area contributed by atoms with Crippen LogP contribution in [0.15, 0.2) is 34.1 Å². The van der Waals surface area contributed by atoms with Crippen LogP contribution in [0.25, 0.3) is 11.1 Å². The molecule has 1 aromatic heterocycles. The number of hydrazone groups is 1. The quantitative estimate of drug-likeness (QED) is 0.866. The molecule has 108 valence electrons. The maximum Gasteiger partial charge on any atom is 0.267 e. The summed E-state index contributed by atoms with van der Waals surface area (Å²) >= 11 is 0. The van der Waals surface area contributed by atoms with Gasteiger partial charge in [0.05, 0.1) is 0 Å². The Balaban J connectivity index is 1.53. The highest BCUT2D eigenvalue weighted by molar-refractivity contribution is 6.39. The van der Waals surface area contributed by atoms with Gasteiger partial charge in [0.15, 0.2) is 12.0 Å². The van der Waals surface area contributed by atoms with Gasteiger partial charge in [0.1, 0.15) is 11.2 Å². The monoisotopic (exact) mass is 286 g/mol. The largest absolute Gasteiger partial charge is 0.443 e. The van der Waals surface area contributed by atoms with Crippen molar-refractivity contribution in [2.45, 2.75) is 19.3 Å². The van der Waals surface area contributed by atoms with Crippen LogP contribution in [-0.4, -0.2) is 29.1 Å². The minimum absolute atomic E-state index is 0.160. The molecule has 0 atom stereocenters. The van der Waals surface area contributed by atoms with Gasteiger partial charge in [0.2, 0.25) is 5.91 Å². The standard InChI is InChI=1S/C14H14N4O3/c19-13-4-2-10(17-18-13)14(20)15-6-5-9-1-3-12-11(7-9)16-8-21-12/h1,3,7-8H,2,4-6H2,(H,15,20)(H,18,19). The van der Waals surface area contributed by atoms with Crippen LogP contribution in [0, 0.1) is 0 Å². The molecule has 0 unspecified atom stereocenters. The maximum atomic E-state index is 11.8. The van der Waals surface area contributed by atoms with Crippen molar-refractivity contribution < 1.29 is 14.0 Å². The van der Waals surface area contributed by atoms with Crippen LogP contribution in [0.2, 0.25) is 0 Å². The molecule has 2 N–H and O–H groups in total. The number of nitrogens with one attached hydrogen (secondary N) is 2. The number of hydrogen-bond acceptors (Lipinski definition) is 5. The Morgan fingerprint density at radius 2 is 2.29 bits per heavy atom. The predicted molar refractivity (Wildman–Crippen MR) is 75.5 cm³/mol. The molecule has 0 saturated carbocycles. The van der Waals surface area contributed by atoms with Gasteiger partial charge in [0, 0.05) is 19.4 Å². The third kappa shape index (κ3) is 3.07. The second-order valence-corrected chi connectivity index (χ2v) is 4.75. The fourth-order valence-electron chi connectivity index (χ4n) is 2.12. The molecule has 1 aliphatic rings. The lowest BCUT2D eigenvalue weighted by Gasteiger charge is -2.11. The second kappa shape index (κ2) is 5.74. The van der Waals surface area contributed by atoms with Crippen molar-refractivity contribution in [3.8, 4) is 0 Å². The van der Waals surface area contributed by atoms with Crippen molar-refractivity contribution in [1.82, 2.24) is 15.7 Å². The minimum atomic E-state index is -0.238. The van der Waals surface area contributed by atoms with Crippen LogP contribution in [0.3, 0.4) is 0 Å². The van der Waals surface area contributed by atoms with Crippen LogP contribution in [0.5, 0.6) is 0 Å². The van der Waals surface area contributed by atoms with Gasteiger partial charge in [-0.05, 0) is 24.1 Å². The molecule has 0 spiro atoms. The molecule has 0 saturated heterocycles. The van der Waals surface area contributed by atoms with Gasteiger partial charge in [-0.1, -0.05) is 6.07 Å². The minimum Gasteiger partial charge on any atom is -0.443 e. The highest BCUT2D eigenvalue weighted by Crippen LogP contribution is 2.14. The zero-order valence-corrected chi connectivity index (χ0v) is 11.3. The zero-order valence-electron chi connectivity index (χ0n) is 11.3. The Bertz CT molecular complexity index is 720. The molecular weight excluding hydrogens is 272 g/mol. The first-order chi connectivity index (χ1) is 10.2. The number of oxazole rings is 1. The number of carbonyl (C=O) groups excluding carboxylic acids is 2. The van der Waals surface area contributed by atoms with E-state index >= 15 is 0 Å². The molecule has 7 nitrogen and oxygen atoms in total. The van der Waals surface area contributed by atoms with Gasteiger partial charge >= 0.3 is 0 Å². The van der Waals surface area contributed by atoms with Crippen molar-refractivity contribution in [2.24, 2.45) is 5.10 Å². The number of rotatable bonds is 4. The lowest BCUT2D eigenvalue weighted by Crippen LogP contribution is -2.37. The van der Waals surface area contributed by atoms with Crippen LogP contribution in [0.1, 0.15) is 18.4 Å². The first kappa shape index (κ1) is 13.3. The van der Waals surface area contributed by atoms with Gasteiger partial charge in [0.25, 0.3) is 5.91 Å². The molecule has 0 aliphatic carbocycles. The number of benzene rings is 1. The molecule has 0 fully saturated rings. The van der Waals surface area contributed by atoms with E-state index in [0.29, 0.717) is 31.5 Å². The van der Waals surface area contributed by atoms with E-state index in [-0.39, 0.29) is 11.8 Å². The van der Waals surface area contributed by atoms with Crippen molar-refractivity contribution >= 4 is 28.6 Å². The van der Waals surface area contributed by atoms with Crippen molar-refractivity contribution in [2.75, 3.05) is 6.54 Å². The van der Waals surface area contributed by atoms with Crippen LogP contribution in [0.4, 0.5) is 0 Å². The average Bonchev–Trinajstić information content (AvgIpc) is 2.95. The summed E-state index contributed by atoms with van der Waals surface area (Å²) in [7, 11) is 0. The van der Waals surface area contributed by atoms with Crippen molar-refractivity contribution in [3.05, 3.63) is 30.2 Å². The van der Waals surface area contributed by atoms with Gasteiger partial charge in [-0.2, -0.15) is 5.10 Å². The molecule has 0 radical (unpaired) electrons. The molecule has 7 heteroatoms. The topological polar surface area (TPSA) is 96.6 Å². The lowest BCUT2D eigenvalue weighted by molar-refractivity contribution is -0.121. The fraction of sp³-hybridized carbons (Fsp3) is 0.286. The normalized spacial score (nSPS) is 14.7. The summed E-state index contributed by atoms with van der Waals surface area (Å²) < 4.78 is 5.17. The molecule has 1 aromatic carbocycles. The van der Waals surface area contributed by atoms with Gasteiger partial charge in [-0.3, -0.25) is 9.59 Å². The highest BCUT2D eigenvalue weighted by atomic mass is 16.3. The maximum absolute atomic E-state index is 11.8. The van der Waals surface area contributed by atoms with Gasteiger partial charge < -0.3 is 9.73 Å². The Labute approximate surface area is 120 Å². The van der Waals surface area contributed by atoms with E-state index in [4.69, 9.17) is 4.42 Å². The lowest BCUT2D eigenvalue weighted by atomic mass is 10.1. The fourth-order valence-corrected chi connectivity index (χ4v) is 2.12. The molecule has 1 aliphatic heterocycles. The molecule has 21 heavy (non-hydrogen) atoms. The molecular formula is C14H14N4O3. The summed E-state index contributed by atoms with van der Waals surface area (Å²) in [5, 5.41) is 6.55. The first-order valence-corrected chi connectivity index (χ1v) is 6.68. The molecule has 2 heterocycles. The summed E-state index contributed by atoms with van der Waals surface area (Å²) in [5.41, 5.74) is 5.29. The molecule has 2 aromatic rings. The zero-order chi connectivity index (χ0) is 14.7. The Kier molecular flexibility index (Phi) is 3.63.